The number of likely N-dealkylation sites (N-methyl/N-ethyl adjacent to an activating group) is 1. The van der Waals surface area contributed by atoms with E-state index >= 15 is 0 Å². The molecule has 98 valence electrons. The fourth-order valence-corrected chi connectivity index (χ4v) is 2.37. The zero-order valence-electron chi connectivity index (χ0n) is 10.7. The van der Waals surface area contributed by atoms with Crippen LogP contribution < -0.4 is 5.32 Å². The molecule has 1 aliphatic carbocycles. The molecule has 0 radical (unpaired) electrons. The highest BCUT2D eigenvalue weighted by atomic mass is 32.1. The first-order valence-electron chi connectivity index (χ1n) is 6.52. The summed E-state index contributed by atoms with van der Waals surface area (Å²) in [6.45, 7) is 4.86. The van der Waals surface area contributed by atoms with Gasteiger partial charge in [-0.2, -0.15) is 0 Å². The van der Waals surface area contributed by atoms with Crippen LogP contribution in [-0.2, 0) is 0 Å². The van der Waals surface area contributed by atoms with Crippen LogP contribution >= 0.6 is 12.6 Å². The predicted octanol–water partition coefficient (Wildman–Crippen LogP) is 2.19. The molecule has 18 heavy (non-hydrogen) atoms. The van der Waals surface area contributed by atoms with Gasteiger partial charge in [0.15, 0.2) is 0 Å². The summed E-state index contributed by atoms with van der Waals surface area (Å²) in [5.74, 6) is -0.0348. The van der Waals surface area contributed by atoms with Crippen molar-refractivity contribution in [2.24, 2.45) is 0 Å². The Morgan fingerprint density at radius 1 is 1.44 bits per heavy atom. The molecule has 0 spiro atoms. The average molecular weight is 264 g/mol. The number of carbonyl (C=O) groups is 1. The molecule has 0 aliphatic heterocycles. The first-order chi connectivity index (χ1) is 8.72. The summed E-state index contributed by atoms with van der Waals surface area (Å²) in [7, 11) is 0. The maximum Gasteiger partial charge on any atom is 0.252 e. The van der Waals surface area contributed by atoms with Crippen molar-refractivity contribution in [1.29, 1.82) is 0 Å². The van der Waals surface area contributed by atoms with Crippen LogP contribution in [-0.4, -0.2) is 36.5 Å². The van der Waals surface area contributed by atoms with Crippen LogP contribution in [0, 0.1) is 0 Å². The molecule has 0 heterocycles. The number of rotatable bonds is 6. The number of hydrogen-bond acceptors (Lipinski definition) is 3. The second kappa shape index (κ2) is 6.25. The monoisotopic (exact) mass is 264 g/mol. The number of carbonyl (C=O) groups excluding carboxylic acids is 1. The van der Waals surface area contributed by atoms with E-state index in [1.54, 1.807) is 6.07 Å². The van der Waals surface area contributed by atoms with Gasteiger partial charge in [-0.25, -0.2) is 0 Å². The third kappa shape index (κ3) is 3.50. The van der Waals surface area contributed by atoms with Crippen LogP contribution in [0.15, 0.2) is 29.2 Å². The lowest BCUT2D eigenvalue weighted by Gasteiger charge is -2.19. The van der Waals surface area contributed by atoms with Gasteiger partial charge in [-0.3, -0.25) is 9.69 Å². The van der Waals surface area contributed by atoms with Gasteiger partial charge in [0.2, 0.25) is 0 Å². The summed E-state index contributed by atoms with van der Waals surface area (Å²) in [6.07, 6.45) is 2.61. The summed E-state index contributed by atoms with van der Waals surface area (Å²) in [5, 5.41) is 2.96. The maximum absolute atomic E-state index is 11.9. The minimum atomic E-state index is -0.0348. The summed E-state index contributed by atoms with van der Waals surface area (Å²) in [4.78, 5) is 15.1. The van der Waals surface area contributed by atoms with E-state index < -0.39 is 0 Å². The van der Waals surface area contributed by atoms with Crippen molar-refractivity contribution >= 4 is 18.5 Å². The van der Waals surface area contributed by atoms with Gasteiger partial charge in [-0.05, 0) is 31.5 Å². The van der Waals surface area contributed by atoms with E-state index in [-0.39, 0.29) is 5.91 Å². The number of benzene rings is 1. The van der Waals surface area contributed by atoms with Crippen LogP contribution in [0.5, 0.6) is 0 Å². The minimum Gasteiger partial charge on any atom is -0.351 e. The van der Waals surface area contributed by atoms with Crippen LogP contribution in [0.3, 0.4) is 0 Å². The van der Waals surface area contributed by atoms with Gasteiger partial charge in [0.1, 0.15) is 0 Å². The van der Waals surface area contributed by atoms with Crippen LogP contribution in [0.4, 0.5) is 0 Å². The van der Waals surface area contributed by atoms with Crippen molar-refractivity contribution < 1.29 is 4.79 Å². The lowest BCUT2D eigenvalue weighted by Crippen LogP contribution is -2.36. The molecule has 4 heteroatoms. The number of amides is 1. The molecule has 0 bridgehead atoms. The summed E-state index contributed by atoms with van der Waals surface area (Å²) in [6, 6.07) is 8.13. The summed E-state index contributed by atoms with van der Waals surface area (Å²) in [5.41, 5.74) is 0.648. The standard InChI is InChI=1S/C14H20N2OS/c1-2-16(11-7-8-11)10-9-15-14(17)12-5-3-4-6-13(12)18/h3-6,11,18H,2,7-10H2,1H3,(H,15,17). The van der Waals surface area contributed by atoms with Gasteiger partial charge in [0, 0.05) is 24.0 Å². The molecule has 1 aromatic rings. The number of thiol groups is 1. The molecule has 0 aromatic heterocycles. The van der Waals surface area contributed by atoms with Crippen LogP contribution in [0.1, 0.15) is 30.1 Å². The quantitative estimate of drug-likeness (QED) is 0.772. The van der Waals surface area contributed by atoms with Gasteiger partial charge < -0.3 is 5.32 Å². The Hall–Kier alpha value is -1.00. The molecule has 1 saturated carbocycles. The molecule has 0 saturated heterocycles. The van der Waals surface area contributed by atoms with E-state index in [0.29, 0.717) is 12.1 Å². The lowest BCUT2D eigenvalue weighted by atomic mass is 10.2. The number of nitrogens with one attached hydrogen (secondary N) is 1. The molecule has 1 amide bonds. The zero-order chi connectivity index (χ0) is 13.0. The Kier molecular flexibility index (Phi) is 4.66. The number of hydrogen-bond donors (Lipinski definition) is 2. The third-order valence-electron chi connectivity index (χ3n) is 3.30. The molecule has 0 unspecified atom stereocenters. The van der Waals surface area contributed by atoms with E-state index in [4.69, 9.17) is 0 Å². The second-order valence-electron chi connectivity index (χ2n) is 4.63. The van der Waals surface area contributed by atoms with Gasteiger partial charge in [0.25, 0.3) is 5.91 Å². The largest absolute Gasteiger partial charge is 0.351 e. The SMILES string of the molecule is CCN(CCNC(=O)c1ccccc1S)C1CC1. The highest BCUT2D eigenvalue weighted by molar-refractivity contribution is 7.80. The van der Waals surface area contributed by atoms with E-state index in [1.165, 1.54) is 12.8 Å². The molecule has 1 N–H and O–H groups in total. The maximum atomic E-state index is 11.9. The normalized spacial score (nSPS) is 14.8. The van der Waals surface area contributed by atoms with Crippen molar-refractivity contribution in [3.63, 3.8) is 0 Å². The average Bonchev–Trinajstić information content (AvgIpc) is 3.19. The molecule has 0 atom stereocenters. The lowest BCUT2D eigenvalue weighted by molar-refractivity contribution is 0.0945. The van der Waals surface area contributed by atoms with E-state index in [9.17, 15) is 4.79 Å². The molecular formula is C14H20N2OS. The minimum absolute atomic E-state index is 0.0348. The fraction of sp³-hybridized carbons (Fsp3) is 0.500. The van der Waals surface area contributed by atoms with Crippen molar-refractivity contribution in [1.82, 2.24) is 10.2 Å². The van der Waals surface area contributed by atoms with Crippen molar-refractivity contribution in [2.75, 3.05) is 19.6 Å². The van der Waals surface area contributed by atoms with Crippen molar-refractivity contribution in [2.45, 2.75) is 30.7 Å². The molecule has 2 rings (SSSR count). The van der Waals surface area contributed by atoms with Gasteiger partial charge in [-0.15, -0.1) is 12.6 Å². The highest BCUT2D eigenvalue weighted by Gasteiger charge is 2.27. The summed E-state index contributed by atoms with van der Waals surface area (Å²) >= 11 is 4.29. The smallest absolute Gasteiger partial charge is 0.252 e. The van der Waals surface area contributed by atoms with Crippen LogP contribution in [0.25, 0.3) is 0 Å². The van der Waals surface area contributed by atoms with Crippen molar-refractivity contribution in [3.8, 4) is 0 Å². The third-order valence-corrected chi connectivity index (χ3v) is 3.69. The Balaban J connectivity index is 1.79. The highest BCUT2D eigenvalue weighted by Crippen LogP contribution is 2.25. The van der Waals surface area contributed by atoms with E-state index in [2.05, 4.69) is 29.8 Å². The molecule has 1 aliphatic rings. The Morgan fingerprint density at radius 2 is 2.17 bits per heavy atom. The Labute approximate surface area is 114 Å². The van der Waals surface area contributed by atoms with Crippen LogP contribution in [0.2, 0.25) is 0 Å². The molecular weight excluding hydrogens is 244 g/mol. The Bertz CT molecular complexity index is 418. The molecule has 3 nitrogen and oxygen atoms in total. The van der Waals surface area contributed by atoms with Gasteiger partial charge in [0.05, 0.1) is 5.56 Å². The first kappa shape index (κ1) is 13.4. The van der Waals surface area contributed by atoms with E-state index in [1.807, 2.05) is 18.2 Å². The number of nitrogens with zero attached hydrogens (tertiary/aromatic N) is 1. The van der Waals surface area contributed by atoms with E-state index in [0.717, 1.165) is 24.0 Å². The fourth-order valence-electron chi connectivity index (χ4n) is 2.11. The van der Waals surface area contributed by atoms with Gasteiger partial charge in [-0.1, -0.05) is 19.1 Å². The second-order valence-corrected chi connectivity index (χ2v) is 5.11. The Morgan fingerprint density at radius 3 is 2.78 bits per heavy atom. The predicted molar refractivity (Wildman–Crippen MR) is 76.3 cm³/mol. The topological polar surface area (TPSA) is 32.3 Å². The summed E-state index contributed by atoms with van der Waals surface area (Å²) < 4.78 is 0. The zero-order valence-corrected chi connectivity index (χ0v) is 11.6. The van der Waals surface area contributed by atoms with Crippen molar-refractivity contribution in [3.05, 3.63) is 29.8 Å². The van der Waals surface area contributed by atoms with Gasteiger partial charge >= 0.3 is 0 Å². The first-order valence-corrected chi connectivity index (χ1v) is 6.97. The molecule has 1 fully saturated rings. The molecule has 1 aromatic carbocycles.